The first-order valence-electron chi connectivity index (χ1n) is 8.11. The molecule has 3 nitrogen and oxygen atoms in total. The van der Waals surface area contributed by atoms with E-state index >= 15 is 0 Å². The Morgan fingerprint density at radius 2 is 1.71 bits per heavy atom. The number of aryl methyl sites for hydroxylation is 1. The minimum atomic E-state index is -0.539. The zero-order chi connectivity index (χ0) is 16.9. The average molecular weight is 319 g/mol. The van der Waals surface area contributed by atoms with Gasteiger partial charge >= 0.3 is 0 Å². The van der Waals surface area contributed by atoms with Gasteiger partial charge in [-0.3, -0.25) is 4.79 Å². The molecular weight excluding hydrogens is 298 g/mol. The van der Waals surface area contributed by atoms with E-state index in [2.05, 4.69) is 23.5 Å². The van der Waals surface area contributed by atoms with E-state index in [-0.39, 0.29) is 5.91 Å². The Labute approximate surface area is 142 Å². The summed E-state index contributed by atoms with van der Waals surface area (Å²) >= 11 is 0. The molecule has 24 heavy (non-hydrogen) atoms. The number of amides is 1. The van der Waals surface area contributed by atoms with Crippen LogP contribution in [-0.4, -0.2) is 12.0 Å². The van der Waals surface area contributed by atoms with Gasteiger partial charge in [-0.2, -0.15) is 0 Å². The van der Waals surface area contributed by atoms with Gasteiger partial charge in [-0.25, -0.2) is 0 Å². The second-order valence-electron chi connectivity index (χ2n) is 5.93. The molecule has 0 radical (unpaired) electrons. The third kappa shape index (κ3) is 3.74. The van der Waals surface area contributed by atoms with Gasteiger partial charge in [0.05, 0.1) is 0 Å². The maximum Gasteiger partial charge on any atom is 0.261 e. The number of ether oxygens (including phenoxy) is 1. The summed E-state index contributed by atoms with van der Waals surface area (Å²) in [5.41, 5.74) is 2.26. The summed E-state index contributed by atoms with van der Waals surface area (Å²) in [6.45, 7) is 4.27. The maximum atomic E-state index is 12.3. The van der Waals surface area contributed by atoms with Gasteiger partial charge in [0, 0.05) is 6.54 Å². The highest BCUT2D eigenvalue weighted by Crippen LogP contribution is 2.18. The molecule has 3 aromatic rings. The molecular formula is C21H21NO2. The standard InChI is InChI=1S/C21H21NO2/c1-15-10-12-19(13-11-15)24-16(2)21(23)22-14-18-8-5-7-17-6-3-4-9-20(17)18/h3-13,16H,14H2,1-2H3,(H,22,23)/t16-/m1/s1. The van der Waals surface area contributed by atoms with E-state index in [0.717, 1.165) is 16.5 Å². The van der Waals surface area contributed by atoms with Crippen LogP contribution in [0.1, 0.15) is 18.1 Å². The highest BCUT2D eigenvalue weighted by Gasteiger charge is 2.14. The first kappa shape index (κ1) is 16.1. The van der Waals surface area contributed by atoms with E-state index in [4.69, 9.17) is 4.74 Å². The first-order chi connectivity index (χ1) is 11.6. The maximum absolute atomic E-state index is 12.3. The minimum Gasteiger partial charge on any atom is -0.481 e. The molecule has 0 fully saturated rings. The molecule has 0 spiro atoms. The minimum absolute atomic E-state index is 0.122. The molecule has 0 aliphatic carbocycles. The molecule has 0 unspecified atom stereocenters. The van der Waals surface area contributed by atoms with Crippen molar-refractivity contribution >= 4 is 16.7 Å². The van der Waals surface area contributed by atoms with Gasteiger partial charge < -0.3 is 10.1 Å². The number of hydrogen-bond donors (Lipinski definition) is 1. The van der Waals surface area contributed by atoms with Crippen LogP contribution in [0.25, 0.3) is 10.8 Å². The smallest absolute Gasteiger partial charge is 0.261 e. The van der Waals surface area contributed by atoms with Gasteiger partial charge in [0.15, 0.2) is 6.10 Å². The van der Waals surface area contributed by atoms with Crippen LogP contribution in [0.5, 0.6) is 5.75 Å². The van der Waals surface area contributed by atoms with Crippen LogP contribution in [0.2, 0.25) is 0 Å². The highest BCUT2D eigenvalue weighted by molar-refractivity contribution is 5.86. The van der Waals surface area contributed by atoms with Crippen LogP contribution in [0.3, 0.4) is 0 Å². The highest BCUT2D eigenvalue weighted by atomic mass is 16.5. The fraction of sp³-hybridized carbons (Fsp3) is 0.190. The number of benzene rings is 3. The lowest BCUT2D eigenvalue weighted by Gasteiger charge is -2.15. The second-order valence-corrected chi connectivity index (χ2v) is 5.93. The Morgan fingerprint density at radius 3 is 2.50 bits per heavy atom. The van der Waals surface area contributed by atoms with Crippen molar-refractivity contribution in [3.8, 4) is 5.75 Å². The predicted molar refractivity (Wildman–Crippen MR) is 97.1 cm³/mol. The summed E-state index contributed by atoms with van der Waals surface area (Å²) in [6.07, 6.45) is -0.539. The zero-order valence-electron chi connectivity index (χ0n) is 14.0. The molecule has 0 heterocycles. The van der Waals surface area contributed by atoms with Crippen molar-refractivity contribution in [2.75, 3.05) is 0 Å². The van der Waals surface area contributed by atoms with Crippen molar-refractivity contribution in [3.63, 3.8) is 0 Å². The fourth-order valence-corrected chi connectivity index (χ4v) is 2.65. The van der Waals surface area contributed by atoms with Crippen LogP contribution < -0.4 is 10.1 Å². The van der Waals surface area contributed by atoms with Crippen molar-refractivity contribution in [3.05, 3.63) is 77.9 Å². The third-order valence-electron chi connectivity index (χ3n) is 4.04. The van der Waals surface area contributed by atoms with Gasteiger partial charge in [0.2, 0.25) is 0 Å². The second kappa shape index (κ2) is 7.18. The molecule has 3 aromatic carbocycles. The summed E-state index contributed by atoms with van der Waals surface area (Å²) < 4.78 is 5.69. The quantitative estimate of drug-likeness (QED) is 0.764. The normalized spacial score (nSPS) is 11.9. The topological polar surface area (TPSA) is 38.3 Å². The van der Waals surface area contributed by atoms with E-state index in [1.807, 2.05) is 55.5 Å². The van der Waals surface area contributed by atoms with Crippen LogP contribution in [0, 0.1) is 6.92 Å². The van der Waals surface area contributed by atoms with E-state index in [1.54, 1.807) is 6.92 Å². The monoisotopic (exact) mass is 319 g/mol. The molecule has 0 saturated carbocycles. The lowest BCUT2D eigenvalue weighted by molar-refractivity contribution is -0.127. The van der Waals surface area contributed by atoms with Gasteiger partial charge in [-0.15, -0.1) is 0 Å². The zero-order valence-corrected chi connectivity index (χ0v) is 14.0. The molecule has 0 bridgehead atoms. The molecule has 1 atom stereocenters. The molecule has 1 N–H and O–H groups in total. The number of fused-ring (bicyclic) bond motifs is 1. The Hall–Kier alpha value is -2.81. The first-order valence-corrected chi connectivity index (χ1v) is 8.11. The van der Waals surface area contributed by atoms with Gasteiger partial charge in [0.25, 0.3) is 5.91 Å². The largest absolute Gasteiger partial charge is 0.481 e. The summed E-state index contributed by atoms with van der Waals surface area (Å²) in [5, 5.41) is 5.29. The summed E-state index contributed by atoms with van der Waals surface area (Å²) in [4.78, 5) is 12.3. The molecule has 0 aliphatic heterocycles. The lowest BCUT2D eigenvalue weighted by Crippen LogP contribution is -2.35. The molecule has 3 heteroatoms. The third-order valence-corrected chi connectivity index (χ3v) is 4.04. The van der Waals surface area contributed by atoms with Crippen molar-refractivity contribution in [2.24, 2.45) is 0 Å². The van der Waals surface area contributed by atoms with Crippen LogP contribution in [-0.2, 0) is 11.3 Å². The van der Waals surface area contributed by atoms with Crippen LogP contribution in [0.4, 0.5) is 0 Å². The van der Waals surface area contributed by atoms with Gasteiger partial charge in [0.1, 0.15) is 5.75 Å². The van der Waals surface area contributed by atoms with Crippen LogP contribution in [0.15, 0.2) is 66.7 Å². The molecule has 122 valence electrons. The van der Waals surface area contributed by atoms with Gasteiger partial charge in [-0.1, -0.05) is 60.2 Å². The lowest BCUT2D eigenvalue weighted by atomic mass is 10.0. The predicted octanol–water partition coefficient (Wildman–Crippen LogP) is 4.23. The average Bonchev–Trinajstić information content (AvgIpc) is 2.61. The van der Waals surface area contributed by atoms with Crippen LogP contribution >= 0.6 is 0 Å². The summed E-state index contributed by atoms with van der Waals surface area (Å²) in [6, 6.07) is 22.0. The Balaban J connectivity index is 1.63. The Bertz CT molecular complexity index is 835. The fourth-order valence-electron chi connectivity index (χ4n) is 2.65. The molecule has 1 amide bonds. The van der Waals surface area contributed by atoms with Gasteiger partial charge in [-0.05, 0) is 42.3 Å². The van der Waals surface area contributed by atoms with E-state index in [1.165, 1.54) is 5.39 Å². The van der Waals surface area contributed by atoms with Crippen molar-refractivity contribution in [2.45, 2.75) is 26.5 Å². The molecule has 0 saturated heterocycles. The number of hydrogen-bond acceptors (Lipinski definition) is 2. The molecule has 0 aliphatic rings. The van der Waals surface area contributed by atoms with E-state index < -0.39 is 6.10 Å². The summed E-state index contributed by atoms with van der Waals surface area (Å²) in [5.74, 6) is 0.580. The van der Waals surface area contributed by atoms with Crippen molar-refractivity contribution in [1.29, 1.82) is 0 Å². The Morgan fingerprint density at radius 1 is 1.00 bits per heavy atom. The van der Waals surface area contributed by atoms with Crippen molar-refractivity contribution in [1.82, 2.24) is 5.32 Å². The molecule has 0 aromatic heterocycles. The van der Waals surface area contributed by atoms with Crippen molar-refractivity contribution < 1.29 is 9.53 Å². The number of carbonyl (C=O) groups is 1. The van der Waals surface area contributed by atoms with E-state index in [9.17, 15) is 4.79 Å². The Kier molecular flexibility index (Phi) is 4.80. The van der Waals surface area contributed by atoms with E-state index in [0.29, 0.717) is 12.3 Å². The molecule has 3 rings (SSSR count). The number of carbonyl (C=O) groups excluding carboxylic acids is 1. The number of nitrogens with one attached hydrogen (secondary N) is 1. The summed E-state index contributed by atoms with van der Waals surface area (Å²) in [7, 11) is 0. The SMILES string of the molecule is Cc1ccc(O[C@H](C)C(=O)NCc2cccc3ccccc23)cc1. The number of rotatable bonds is 5.